The first-order chi connectivity index (χ1) is 21.6. The second-order valence-electron chi connectivity index (χ2n) is 12.9. The molecule has 1 saturated heterocycles. The van der Waals surface area contributed by atoms with Crippen molar-refractivity contribution in [3.63, 3.8) is 0 Å². The minimum Gasteiger partial charge on any atom is -0.361 e. The molecule has 1 spiro atoms. The third kappa shape index (κ3) is 5.82. The van der Waals surface area contributed by atoms with Gasteiger partial charge >= 0.3 is 0 Å². The molecule has 0 bridgehead atoms. The van der Waals surface area contributed by atoms with Gasteiger partial charge in [0.15, 0.2) is 0 Å². The van der Waals surface area contributed by atoms with Gasteiger partial charge in [0.25, 0.3) is 0 Å². The van der Waals surface area contributed by atoms with Crippen LogP contribution in [0.2, 0.25) is 0 Å². The van der Waals surface area contributed by atoms with E-state index in [1.54, 1.807) is 18.0 Å². The molecular formula is C35H41N7O3. The van der Waals surface area contributed by atoms with E-state index in [2.05, 4.69) is 20.9 Å². The summed E-state index contributed by atoms with van der Waals surface area (Å²) >= 11 is 0. The first kappa shape index (κ1) is 30.5. The highest BCUT2D eigenvalue weighted by Crippen LogP contribution is 2.47. The number of likely N-dealkylation sites (tertiary alicyclic amines) is 1. The number of hydrogen-bond acceptors (Lipinski definition) is 6. The average molecular weight is 608 g/mol. The number of rotatable bonds is 8. The van der Waals surface area contributed by atoms with Gasteiger partial charge in [0, 0.05) is 49.0 Å². The van der Waals surface area contributed by atoms with Gasteiger partial charge in [0.2, 0.25) is 17.7 Å². The first-order valence-corrected chi connectivity index (χ1v) is 15.6. The lowest BCUT2D eigenvalue weighted by Gasteiger charge is -2.41. The van der Waals surface area contributed by atoms with Crippen LogP contribution in [0.15, 0.2) is 60.8 Å². The van der Waals surface area contributed by atoms with Crippen molar-refractivity contribution in [2.45, 2.75) is 58.0 Å². The summed E-state index contributed by atoms with van der Waals surface area (Å²) in [5.41, 5.74) is 4.43. The summed E-state index contributed by atoms with van der Waals surface area (Å²) in [5, 5.41) is 17.2. The molecule has 6 rings (SSSR count). The molecule has 10 heteroatoms. The Morgan fingerprint density at radius 3 is 2.51 bits per heavy atom. The summed E-state index contributed by atoms with van der Waals surface area (Å²) in [6.07, 6.45) is 4.05. The summed E-state index contributed by atoms with van der Waals surface area (Å²) in [6, 6.07) is 17.6. The molecule has 234 valence electrons. The van der Waals surface area contributed by atoms with Crippen LogP contribution >= 0.6 is 0 Å². The summed E-state index contributed by atoms with van der Waals surface area (Å²) in [5.74, 6) is 0.774. The highest BCUT2D eigenvalue weighted by molar-refractivity contribution is 6.06. The molecule has 3 amide bonds. The summed E-state index contributed by atoms with van der Waals surface area (Å²) in [4.78, 5) is 48.9. The standard InChI is InChI=1S/C35H41N7O3/c1-23(36)41-15-12-34(2,13-16-41)33(45)42(21-26-8-5-4-7-25(26)20-37-3)22-30(43)39-28-11-10-24-18-35(19-27(24)17-28)29-9-6-14-38-31(29)40-32(35)44/h4-11,14,17,36-37H,12-13,15-16,18-22H2,1-3H3,(H,39,43)(H,38,40,44)/t35-/m1/s1. The van der Waals surface area contributed by atoms with Crippen LogP contribution in [0.1, 0.15) is 54.5 Å². The fourth-order valence-electron chi connectivity index (χ4n) is 7.13. The third-order valence-electron chi connectivity index (χ3n) is 9.79. The molecule has 2 aliphatic heterocycles. The van der Waals surface area contributed by atoms with Gasteiger partial charge in [-0.1, -0.05) is 43.3 Å². The molecule has 3 aliphatic rings. The van der Waals surface area contributed by atoms with Crippen molar-refractivity contribution in [2.75, 3.05) is 37.3 Å². The predicted octanol–water partition coefficient (Wildman–Crippen LogP) is 3.86. The number of piperidine rings is 1. The lowest BCUT2D eigenvalue weighted by molar-refractivity contribution is -0.146. The Kier molecular flexibility index (Phi) is 8.18. The second kappa shape index (κ2) is 12.1. The number of hydrogen-bond donors (Lipinski definition) is 4. The van der Waals surface area contributed by atoms with E-state index in [4.69, 9.17) is 5.41 Å². The Balaban J connectivity index is 1.20. The van der Waals surface area contributed by atoms with Crippen molar-refractivity contribution in [3.05, 3.63) is 88.6 Å². The lowest BCUT2D eigenvalue weighted by Crippen LogP contribution is -2.51. The van der Waals surface area contributed by atoms with E-state index in [1.807, 2.05) is 73.5 Å². The number of benzene rings is 2. The minimum absolute atomic E-state index is 0.0409. The van der Waals surface area contributed by atoms with E-state index < -0.39 is 10.8 Å². The molecule has 0 unspecified atom stereocenters. The maximum atomic E-state index is 14.2. The van der Waals surface area contributed by atoms with E-state index in [-0.39, 0.29) is 24.3 Å². The summed E-state index contributed by atoms with van der Waals surface area (Å²) < 4.78 is 0. The van der Waals surface area contributed by atoms with Crippen molar-refractivity contribution in [1.82, 2.24) is 20.1 Å². The zero-order valence-corrected chi connectivity index (χ0v) is 26.2. The Morgan fingerprint density at radius 2 is 1.78 bits per heavy atom. The fourth-order valence-corrected chi connectivity index (χ4v) is 7.13. The Bertz CT molecular complexity index is 1660. The van der Waals surface area contributed by atoms with E-state index in [9.17, 15) is 14.4 Å². The van der Waals surface area contributed by atoms with Crippen molar-refractivity contribution < 1.29 is 14.4 Å². The molecule has 45 heavy (non-hydrogen) atoms. The Morgan fingerprint density at radius 1 is 1.04 bits per heavy atom. The molecule has 3 heterocycles. The number of fused-ring (bicyclic) bond motifs is 3. The summed E-state index contributed by atoms with van der Waals surface area (Å²) in [6.45, 7) is 5.94. The molecule has 0 saturated carbocycles. The van der Waals surface area contributed by atoms with Crippen LogP contribution in [0.5, 0.6) is 0 Å². The average Bonchev–Trinajstić information content (AvgIpc) is 3.54. The van der Waals surface area contributed by atoms with Crippen LogP contribution in [-0.4, -0.2) is 65.0 Å². The van der Waals surface area contributed by atoms with Gasteiger partial charge in [-0.15, -0.1) is 0 Å². The van der Waals surface area contributed by atoms with Crippen LogP contribution in [0.25, 0.3) is 0 Å². The van der Waals surface area contributed by atoms with Crippen LogP contribution in [-0.2, 0) is 45.7 Å². The smallest absolute Gasteiger partial charge is 0.244 e. The zero-order valence-electron chi connectivity index (χ0n) is 26.2. The number of amides is 3. The summed E-state index contributed by atoms with van der Waals surface area (Å²) in [7, 11) is 1.89. The van der Waals surface area contributed by atoms with Crippen molar-refractivity contribution >= 4 is 35.1 Å². The van der Waals surface area contributed by atoms with Gasteiger partial charge in [0.05, 0.1) is 11.3 Å². The number of aromatic nitrogens is 1. The number of pyridine rings is 1. The van der Waals surface area contributed by atoms with Crippen molar-refractivity contribution in [3.8, 4) is 0 Å². The van der Waals surface area contributed by atoms with Gasteiger partial charge in [-0.05, 0) is 80.1 Å². The number of carbonyl (C=O) groups is 3. The second-order valence-corrected chi connectivity index (χ2v) is 12.9. The van der Waals surface area contributed by atoms with Crippen molar-refractivity contribution in [2.24, 2.45) is 5.41 Å². The number of nitrogens with one attached hydrogen (secondary N) is 4. The van der Waals surface area contributed by atoms with E-state index >= 15 is 0 Å². The largest absolute Gasteiger partial charge is 0.361 e. The van der Waals surface area contributed by atoms with Crippen LogP contribution in [0.3, 0.4) is 0 Å². The Hall–Kier alpha value is -4.57. The maximum absolute atomic E-state index is 14.2. The van der Waals surface area contributed by atoms with Crippen LogP contribution in [0.4, 0.5) is 11.5 Å². The third-order valence-corrected chi connectivity index (χ3v) is 9.79. The highest BCUT2D eigenvalue weighted by Gasteiger charge is 2.51. The molecule has 1 aliphatic carbocycles. The molecule has 3 aromatic rings. The monoisotopic (exact) mass is 607 g/mol. The van der Waals surface area contributed by atoms with Gasteiger partial charge in [-0.3, -0.25) is 19.8 Å². The number of nitrogens with zero attached hydrogens (tertiary/aromatic N) is 3. The molecule has 10 nitrogen and oxygen atoms in total. The fraction of sp³-hybridized carbons (Fsp3) is 0.400. The molecular weight excluding hydrogens is 566 g/mol. The molecule has 1 fully saturated rings. The topological polar surface area (TPSA) is 131 Å². The number of carbonyl (C=O) groups excluding carboxylic acids is 3. The molecule has 0 radical (unpaired) electrons. The minimum atomic E-state index is -0.681. The lowest BCUT2D eigenvalue weighted by atomic mass is 9.78. The van der Waals surface area contributed by atoms with Crippen LogP contribution < -0.4 is 16.0 Å². The van der Waals surface area contributed by atoms with E-state index in [0.717, 1.165) is 27.8 Å². The zero-order chi connectivity index (χ0) is 31.8. The molecule has 4 N–H and O–H groups in total. The molecule has 1 aromatic heterocycles. The van der Waals surface area contributed by atoms with Gasteiger partial charge in [-0.2, -0.15) is 0 Å². The molecule has 1 atom stereocenters. The molecule has 2 aromatic carbocycles. The SMILES string of the molecule is CNCc1ccccc1CN(CC(=O)Nc1ccc2c(c1)C[C@@]1(C2)C(=O)Nc2ncccc21)C(=O)C1(C)CCN(C(C)=N)CC1. The quantitative estimate of drug-likeness (QED) is 0.227. The number of anilines is 2. The van der Waals surface area contributed by atoms with Crippen LogP contribution in [0, 0.1) is 10.8 Å². The normalized spacial score (nSPS) is 19.5. The predicted molar refractivity (Wildman–Crippen MR) is 174 cm³/mol. The van der Waals surface area contributed by atoms with E-state index in [0.29, 0.717) is 69.2 Å². The van der Waals surface area contributed by atoms with E-state index in [1.165, 1.54) is 0 Å². The Labute approximate surface area is 264 Å². The first-order valence-electron chi connectivity index (χ1n) is 15.6. The number of amidine groups is 1. The van der Waals surface area contributed by atoms with Gasteiger partial charge in [0.1, 0.15) is 12.4 Å². The van der Waals surface area contributed by atoms with Crippen molar-refractivity contribution in [1.29, 1.82) is 5.41 Å². The maximum Gasteiger partial charge on any atom is 0.244 e. The van der Waals surface area contributed by atoms with Gasteiger partial charge in [-0.25, -0.2) is 4.98 Å². The highest BCUT2D eigenvalue weighted by atomic mass is 16.2. The van der Waals surface area contributed by atoms with Gasteiger partial charge < -0.3 is 25.8 Å².